The van der Waals surface area contributed by atoms with Crippen molar-refractivity contribution in [3.8, 4) is 0 Å². The number of aromatic nitrogens is 1. The summed E-state index contributed by atoms with van der Waals surface area (Å²) in [5.41, 5.74) is 5.05. The van der Waals surface area contributed by atoms with E-state index in [1.807, 2.05) is 0 Å². The number of pyridine rings is 1. The van der Waals surface area contributed by atoms with Gasteiger partial charge in [-0.25, -0.2) is 0 Å². The lowest BCUT2D eigenvalue weighted by Crippen LogP contribution is -2.14. The molecule has 0 aliphatic heterocycles. The molecule has 4 nitrogen and oxygen atoms in total. The van der Waals surface area contributed by atoms with E-state index in [4.69, 9.17) is 17.3 Å². The molecule has 0 spiro atoms. The van der Waals surface area contributed by atoms with Gasteiger partial charge in [0.05, 0.1) is 16.3 Å². The van der Waals surface area contributed by atoms with Crippen molar-refractivity contribution in [1.29, 1.82) is 0 Å². The van der Waals surface area contributed by atoms with Crippen molar-refractivity contribution in [2.75, 3.05) is 11.1 Å². The van der Waals surface area contributed by atoms with Crippen LogP contribution in [0.25, 0.3) is 0 Å². The molecule has 1 aromatic carbocycles. The van der Waals surface area contributed by atoms with Gasteiger partial charge in [-0.15, -0.1) is 0 Å². The van der Waals surface area contributed by atoms with Gasteiger partial charge in [0.2, 0.25) is 0 Å². The summed E-state index contributed by atoms with van der Waals surface area (Å²) in [6.45, 7) is 0. The Morgan fingerprint density at radius 1 is 1.24 bits per heavy atom. The van der Waals surface area contributed by atoms with Crippen molar-refractivity contribution in [3.05, 3.63) is 52.8 Å². The Kier molecular flexibility index (Phi) is 4.04. The third kappa shape index (κ3) is 3.63. The Morgan fingerprint density at radius 2 is 1.95 bits per heavy atom. The molecule has 0 fully saturated rings. The first-order valence-electron chi connectivity index (χ1n) is 5.67. The number of halogens is 4. The highest BCUT2D eigenvalue weighted by atomic mass is 35.5. The molecular formula is C13H9ClF3N3O. The van der Waals surface area contributed by atoms with Crippen LogP contribution in [0.1, 0.15) is 16.1 Å². The van der Waals surface area contributed by atoms with Gasteiger partial charge in [-0.2, -0.15) is 13.2 Å². The van der Waals surface area contributed by atoms with E-state index < -0.39 is 17.6 Å². The largest absolute Gasteiger partial charge is 0.416 e. The zero-order chi connectivity index (χ0) is 15.6. The minimum atomic E-state index is -4.50. The van der Waals surface area contributed by atoms with Gasteiger partial charge in [0, 0.05) is 11.9 Å². The Labute approximate surface area is 122 Å². The zero-order valence-corrected chi connectivity index (χ0v) is 11.2. The molecule has 0 saturated heterocycles. The summed E-state index contributed by atoms with van der Waals surface area (Å²) in [4.78, 5) is 15.7. The Hall–Kier alpha value is -2.28. The van der Waals surface area contributed by atoms with Crippen molar-refractivity contribution < 1.29 is 18.0 Å². The van der Waals surface area contributed by atoms with E-state index in [0.29, 0.717) is 5.69 Å². The fourth-order valence-corrected chi connectivity index (χ4v) is 1.78. The third-order valence-corrected chi connectivity index (χ3v) is 2.87. The number of carbonyl (C=O) groups excluding carboxylic acids is 1. The van der Waals surface area contributed by atoms with Crippen molar-refractivity contribution in [2.45, 2.75) is 6.18 Å². The summed E-state index contributed by atoms with van der Waals surface area (Å²) in [5.74, 6) is -0.621. The van der Waals surface area contributed by atoms with Gasteiger partial charge in [0.15, 0.2) is 0 Å². The van der Waals surface area contributed by atoms with Crippen molar-refractivity contribution in [2.24, 2.45) is 0 Å². The lowest BCUT2D eigenvalue weighted by atomic mass is 10.2. The van der Waals surface area contributed by atoms with Gasteiger partial charge in [0.1, 0.15) is 5.69 Å². The van der Waals surface area contributed by atoms with E-state index in [1.54, 1.807) is 0 Å². The molecule has 0 aliphatic carbocycles. The normalized spacial score (nSPS) is 11.2. The first kappa shape index (κ1) is 15.1. The molecule has 0 bridgehead atoms. The monoisotopic (exact) mass is 315 g/mol. The van der Waals surface area contributed by atoms with Crippen molar-refractivity contribution >= 4 is 28.9 Å². The Balaban J connectivity index is 2.22. The summed E-state index contributed by atoms with van der Waals surface area (Å²) in [7, 11) is 0. The predicted octanol–water partition coefficient (Wildman–Crippen LogP) is 3.59. The second kappa shape index (κ2) is 5.61. The number of benzene rings is 1. The van der Waals surface area contributed by atoms with Crippen LogP contribution in [-0.2, 0) is 6.18 Å². The predicted molar refractivity (Wildman–Crippen MR) is 73.1 cm³/mol. The van der Waals surface area contributed by atoms with Crippen molar-refractivity contribution in [3.63, 3.8) is 0 Å². The van der Waals surface area contributed by atoms with Gasteiger partial charge in [0.25, 0.3) is 5.91 Å². The molecule has 1 amide bonds. The van der Waals surface area contributed by atoms with E-state index in [1.165, 1.54) is 18.3 Å². The summed E-state index contributed by atoms with van der Waals surface area (Å²) in [5, 5.41) is 2.16. The number of alkyl halides is 3. The molecule has 110 valence electrons. The fourth-order valence-electron chi connectivity index (χ4n) is 1.55. The molecular weight excluding hydrogens is 307 g/mol. The maximum absolute atomic E-state index is 12.5. The van der Waals surface area contributed by atoms with Gasteiger partial charge in [-0.1, -0.05) is 11.6 Å². The van der Waals surface area contributed by atoms with E-state index in [9.17, 15) is 18.0 Å². The molecule has 0 radical (unpaired) electrons. The number of nitrogens with two attached hydrogens (primary N) is 1. The average molecular weight is 316 g/mol. The van der Waals surface area contributed by atoms with Crippen LogP contribution in [0, 0.1) is 0 Å². The summed E-state index contributed by atoms with van der Waals surface area (Å²) < 4.78 is 37.5. The number of carbonyl (C=O) groups is 1. The molecule has 2 aromatic rings. The van der Waals surface area contributed by atoms with Gasteiger partial charge in [-0.3, -0.25) is 9.78 Å². The van der Waals surface area contributed by atoms with Gasteiger partial charge >= 0.3 is 6.18 Å². The van der Waals surface area contributed by atoms with Crippen LogP contribution in [0.15, 0.2) is 36.5 Å². The van der Waals surface area contributed by atoms with Crippen molar-refractivity contribution in [1.82, 2.24) is 4.98 Å². The molecule has 3 N–H and O–H groups in total. The van der Waals surface area contributed by atoms with Gasteiger partial charge in [-0.05, 0) is 30.3 Å². The topological polar surface area (TPSA) is 68.0 Å². The SMILES string of the molecule is Nc1ccnc(C(=O)Nc2ccc(C(F)(F)F)cc2Cl)c1. The molecule has 1 aromatic heterocycles. The number of rotatable bonds is 2. The van der Waals surface area contributed by atoms with E-state index in [0.717, 1.165) is 18.2 Å². The minimum Gasteiger partial charge on any atom is -0.399 e. The van der Waals surface area contributed by atoms with Crippen LogP contribution in [0.2, 0.25) is 5.02 Å². The standard InChI is InChI=1S/C13H9ClF3N3O/c14-9-5-7(13(15,16)17)1-2-10(9)20-12(21)11-6-8(18)3-4-19-11/h1-6H,(H2,18,19)(H,20,21). The van der Waals surface area contributed by atoms with Crippen LogP contribution in [0.4, 0.5) is 24.5 Å². The second-order valence-electron chi connectivity index (χ2n) is 4.12. The Bertz CT molecular complexity index is 689. The number of nitrogens with one attached hydrogen (secondary N) is 1. The molecule has 2 rings (SSSR count). The average Bonchev–Trinajstić information content (AvgIpc) is 2.39. The molecule has 1 heterocycles. The summed E-state index contributed by atoms with van der Waals surface area (Å²) in [6.07, 6.45) is -3.15. The first-order valence-corrected chi connectivity index (χ1v) is 6.05. The smallest absolute Gasteiger partial charge is 0.399 e. The fraction of sp³-hybridized carbons (Fsp3) is 0.0769. The van der Waals surface area contributed by atoms with Crippen LogP contribution < -0.4 is 11.1 Å². The molecule has 0 atom stereocenters. The highest BCUT2D eigenvalue weighted by Gasteiger charge is 2.31. The maximum Gasteiger partial charge on any atom is 0.416 e. The molecule has 0 aliphatic rings. The maximum atomic E-state index is 12.5. The molecule has 0 unspecified atom stereocenters. The number of hydrogen-bond donors (Lipinski definition) is 2. The lowest BCUT2D eigenvalue weighted by molar-refractivity contribution is -0.137. The van der Waals surface area contributed by atoms with E-state index >= 15 is 0 Å². The van der Waals surface area contributed by atoms with Crippen LogP contribution >= 0.6 is 11.6 Å². The third-order valence-electron chi connectivity index (χ3n) is 2.56. The highest BCUT2D eigenvalue weighted by molar-refractivity contribution is 6.34. The van der Waals surface area contributed by atoms with Gasteiger partial charge < -0.3 is 11.1 Å². The highest BCUT2D eigenvalue weighted by Crippen LogP contribution is 2.33. The number of amides is 1. The first-order chi connectivity index (χ1) is 9.77. The molecule has 21 heavy (non-hydrogen) atoms. The summed E-state index contributed by atoms with van der Waals surface area (Å²) >= 11 is 5.74. The number of hydrogen-bond acceptors (Lipinski definition) is 3. The molecule has 0 saturated carbocycles. The Morgan fingerprint density at radius 3 is 2.52 bits per heavy atom. The van der Waals surface area contributed by atoms with E-state index in [2.05, 4.69) is 10.3 Å². The number of nitrogen functional groups attached to an aromatic ring is 1. The number of nitrogens with zero attached hydrogens (tertiary/aromatic N) is 1. The zero-order valence-electron chi connectivity index (χ0n) is 10.4. The number of anilines is 2. The van der Waals surface area contributed by atoms with Crippen LogP contribution in [0.3, 0.4) is 0 Å². The van der Waals surface area contributed by atoms with Crippen LogP contribution in [0.5, 0.6) is 0 Å². The quantitative estimate of drug-likeness (QED) is 0.890. The minimum absolute atomic E-state index is 0.0333. The van der Waals surface area contributed by atoms with Crippen LogP contribution in [-0.4, -0.2) is 10.9 Å². The lowest BCUT2D eigenvalue weighted by Gasteiger charge is -2.11. The molecule has 8 heteroatoms. The summed E-state index contributed by atoms with van der Waals surface area (Å²) in [6, 6.07) is 5.49. The second-order valence-corrected chi connectivity index (χ2v) is 4.53. The van der Waals surface area contributed by atoms with E-state index in [-0.39, 0.29) is 16.4 Å².